The van der Waals surface area contributed by atoms with E-state index in [1.807, 2.05) is 0 Å². The molecule has 0 spiro atoms. The van der Waals surface area contributed by atoms with Crippen LogP contribution in [0.3, 0.4) is 0 Å². The molecule has 0 fully saturated rings. The van der Waals surface area contributed by atoms with Gasteiger partial charge in [-0.1, -0.05) is 0 Å². The molecular formula is C7H15ClN2O4S. The maximum atomic E-state index is 11.2. The van der Waals surface area contributed by atoms with Gasteiger partial charge in [0.05, 0.1) is 13.2 Å². The van der Waals surface area contributed by atoms with Gasteiger partial charge in [0.2, 0.25) is 15.9 Å². The Morgan fingerprint density at radius 3 is 2.60 bits per heavy atom. The summed E-state index contributed by atoms with van der Waals surface area (Å²) in [6.07, 6.45) is 0. The van der Waals surface area contributed by atoms with E-state index < -0.39 is 15.2 Å². The minimum Gasteiger partial charge on any atom is -0.383 e. The Labute approximate surface area is 94.6 Å². The molecule has 0 aromatic heterocycles. The van der Waals surface area contributed by atoms with Crippen molar-refractivity contribution in [1.82, 2.24) is 9.62 Å². The van der Waals surface area contributed by atoms with E-state index in [0.29, 0.717) is 13.2 Å². The number of carbonyl (C=O) groups is 1. The van der Waals surface area contributed by atoms with Gasteiger partial charge >= 0.3 is 0 Å². The van der Waals surface area contributed by atoms with Gasteiger partial charge in [-0.2, -0.15) is 4.31 Å². The van der Waals surface area contributed by atoms with Crippen molar-refractivity contribution in [2.24, 2.45) is 0 Å². The smallest absolute Gasteiger partial charge is 0.235 e. The Kier molecular flexibility index (Phi) is 6.82. The first kappa shape index (κ1) is 14.6. The molecule has 15 heavy (non-hydrogen) atoms. The van der Waals surface area contributed by atoms with Crippen LogP contribution >= 0.6 is 11.6 Å². The Bertz CT molecular complexity index is 293. The molecule has 0 atom stereocenters. The van der Waals surface area contributed by atoms with Gasteiger partial charge in [-0.3, -0.25) is 4.79 Å². The summed E-state index contributed by atoms with van der Waals surface area (Å²) in [4.78, 5) is 11.2. The van der Waals surface area contributed by atoms with Crippen LogP contribution in [0.2, 0.25) is 0 Å². The lowest BCUT2D eigenvalue weighted by Crippen LogP contribution is -2.39. The molecule has 1 N–H and O–H groups in total. The van der Waals surface area contributed by atoms with Crippen LogP contribution in [0.1, 0.15) is 0 Å². The number of carbonyl (C=O) groups excluding carboxylic acids is 1. The van der Waals surface area contributed by atoms with E-state index in [1.165, 1.54) is 14.2 Å². The number of likely N-dealkylation sites (N-methyl/N-ethyl adjacent to an activating group) is 1. The van der Waals surface area contributed by atoms with Crippen LogP contribution in [0, 0.1) is 0 Å². The molecule has 1 amide bonds. The average molecular weight is 259 g/mol. The van der Waals surface area contributed by atoms with E-state index in [2.05, 4.69) is 5.32 Å². The Hall–Kier alpha value is -0.370. The number of alkyl halides is 1. The summed E-state index contributed by atoms with van der Waals surface area (Å²) < 4.78 is 27.9. The van der Waals surface area contributed by atoms with E-state index >= 15 is 0 Å². The number of hydrogen-bond donors (Lipinski definition) is 1. The molecule has 0 bridgehead atoms. The van der Waals surface area contributed by atoms with E-state index in [-0.39, 0.29) is 12.5 Å². The second kappa shape index (κ2) is 7.00. The number of rotatable bonds is 7. The summed E-state index contributed by atoms with van der Waals surface area (Å²) in [6.45, 7) is 0.501. The molecule has 0 aromatic carbocycles. The van der Waals surface area contributed by atoms with Gasteiger partial charge in [0.1, 0.15) is 5.21 Å². The Morgan fingerprint density at radius 2 is 2.13 bits per heavy atom. The van der Waals surface area contributed by atoms with Crippen molar-refractivity contribution in [3.63, 3.8) is 0 Å². The van der Waals surface area contributed by atoms with Crippen LogP contribution in [0.4, 0.5) is 0 Å². The standard InChI is InChI=1S/C7H15ClN2O4S/c1-10(15(12,13)6-8)5-7(11)9-3-4-14-2/h3-6H2,1-2H3,(H,9,11). The second-order valence-electron chi connectivity index (χ2n) is 2.82. The summed E-state index contributed by atoms with van der Waals surface area (Å²) in [5.74, 6) is -0.386. The lowest BCUT2D eigenvalue weighted by atomic mass is 10.5. The largest absolute Gasteiger partial charge is 0.383 e. The predicted octanol–water partition coefficient (Wildman–Crippen LogP) is -0.793. The van der Waals surface area contributed by atoms with Crippen LogP contribution < -0.4 is 5.32 Å². The van der Waals surface area contributed by atoms with Gasteiger partial charge in [-0.05, 0) is 0 Å². The maximum Gasteiger partial charge on any atom is 0.235 e. The first-order valence-corrected chi connectivity index (χ1v) is 6.34. The second-order valence-corrected chi connectivity index (χ2v) is 5.48. The average Bonchev–Trinajstić information content (AvgIpc) is 2.18. The van der Waals surface area contributed by atoms with E-state index in [9.17, 15) is 13.2 Å². The normalized spacial score (nSPS) is 11.7. The molecule has 0 saturated heterocycles. The quantitative estimate of drug-likeness (QED) is 0.480. The number of sulfonamides is 1. The number of amides is 1. The summed E-state index contributed by atoms with van der Waals surface area (Å²) in [7, 11) is -0.708. The highest BCUT2D eigenvalue weighted by Crippen LogP contribution is 1.99. The van der Waals surface area contributed by atoms with Gasteiger partial charge in [0, 0.05) is 20.7 Å². The topological polar surface area (TPSA) is 75.7 Å². The minimum absolute atomic E-state index is 0.237. The van der Waals surface area contributed by atoms with Gasteiger partial charge in [0.15, 0.2) is 0 Å². The van der Waals surface area contributed by atoms with Crippen LogP contribution in [0.5, 0.6) is 0 Å². The molecule has 0 aliphatic heterocycles. The molecule has 8 heteroatoms. The zero-order chi connectivity index (χ0) is 11.9. The first-order chi connectivity index (χ1) is 6.94. The SMILES string of the molecule is COCCNC(=O)CN(C)S(=O)(=O)CCl. The van der Waals surface area contributed by atoms with E-state index in [0.717, 1.165) is 4.31 Å². The van der Waals surface area contributed by atoms with Crippen LogP contribution in [0.15, 0.2) is 0 Å². The highest BCUT2D eigenvalue weighted by atomic mass is 35.5. The lowest BCUT2D eigenvalue weighted by Gasteiger charge is -2.14. The summed E-state index contributed by atoms with van der Waals surface area (Å²) in [5.41, 5.74) is 0. The lowest BCUT2D eigenvalue weighted by molar-refractivity contribution is -0.121. The van der Waals surface area contributed by atoms with Gasteiger partial charge < -0.3 is 10.1 Å². The Balaban J connectivity index is 3.97. The highest BCUT2D eigenvalue weighted by molar-refractivity contribution is 7.90. The van der Waals surface area contributed by atoms with Crippen LogP contribution in [-0.4, -0.2) is 57.7 Å². The molecule has 0 aliphatic carbocycles. The van der Waals surface area contributed by atoms with Crippen molar-refractivity contribution in [3.05, 3.63) is 0 Å². The molecule has 0 unspecified atom stereocenters. The summed E-state index contributed by atoms with van der Waals surface area (Å²) in [5, 5.41) is 1.96. The van der Waals surface area contributed by atoms with Gasteiger partial charge in [-0.25, -0.2) is 8.42 Å². The summed E-state index contributed by atoms with van der Waals surface area (Å²) >= 11 is 5.22. The van der Waals surface area contributed by atoms with E-state index in [4.69, 9.17) is 16.3 Å². The number of hydrogen-bond acceptors (Lipinski definition) is 4. The molecule has 0 rings (SSSR count). The van der Waals surface area contributed by atoms with Gasteiger partial charge in [0.25, 0.3) is 0 Å². The molecule has 0 saturated carbocycles. The number of halogens is 1. The van der Waals surface area contributed by atoms with Crippen LogP contribution in [0.25, 0.3) is 0 Å². The fourth-order valence-corrected chi connectivity index (χ4v) is 1.71. The molecular weight excluding hydrogens is 244 g/mol. The predicted molar refractivity (Wildman–Crippen MR) is 57.2 cm³/mol. The van der Waals surface area contributed by atoms with Crippen molar-refractivity contribution < 1.29 is 17.9 Å². The third-order valence-electron chi connectivity index (χ3n) is 1.61. The molecule has 90 valence electrons. The fraction of sp³-hybridized carbons (Fsp3) is 0.857. The number of nitrogens with zero attached hydrogens (tertiary/aromatic N) is 1. The van der Waals surface area contributed by atoms with Crippen molar-refractivity contribution in [2.45, 2.75) is 0 Å². The fourth-order valence-electron chi connectivity index (χ4n) is 0.732. The van der Waals surface area contributed by atoms with Crippen molar-refractivity contribution in [1.29, 1.82) is 0 Å². The molecule has 0 radical (unpaired) electrons. The highest BCUT2D eigenvalue weighted by Gasteiger charge is 2.18. The monoisotopic (exact) mass is 258 g/mol. The zero-order valence-corrected chi connectivity index (χ0v) is 10.3. The number of methoxy groups -OCH3 is 1. The first-order valence-electron chi connectivity index (χ1n) is 4.19. The maximum absolute atomic E-state index is 11.2. The molecule has 6 nitrogen and oxygen atoms in total. The third kappa shape index (κ3) is 5.93. The van der Waals surface area contributed by atoms with E-state index in [1.54, 1.807) is 0 Å². The number of ether oxygens (including phenoxy) is 1. The molecule has 0 aliphatic rings. The Morgan fingerprint density at radius 1 is 1.53 bits per heavy atom. The summed E-state index contributed by atoms with van der Waals surface area (Å²) in [6, 6.07) is 0. The molecule has 0 heterocycles. The molecule has 0 aromatic rings. The van der Waals surface area contributed by atoms with Crippen molar-refractivity contribution >= 4 is 27.5 Å². The van der Waals surface area contributed by atoms with Gasteiger partial charge in [-0.15, -0.1) is 11.6 Å². The van der Waals surface area contributed by atoms with Crippen LogP contribution in [-0.2, 0) is 19.6 Å². The third-order valence-corrected chi connectivity index (χ3v) is 3.79. The zero-order valence-electron chi connectivity index (χ0n) is 8.69. The van der Waals surface area contributed by atoms with Crippen molar-refractivity contribution in [2.75, 3.05) is 39.1 Å². The number of nitrogens with one attached hydrogen (secondary N) is 1. The minimum atomic E-state index is -3.52. The van der Waals surface area contributed by atoms with Crippen molar-refractivity contribution in [3.8, 4) is 0 Å².